The van der Waals surface area contributed by atoms with Crippen LogP contribution in [-0.2, 0) is 0 Å². The summed E-state index contributed by atoms with van der Waals surface area (Å²) in [5.74, 6) is 0.684. The lowest BCUT2D eigenvalue weighted by atomic mass is 9.87. The van der Waals surface area contributed by atoms with Gasteiger partial charge in [0.05, 0.1) is 15.1 Å². The van der Waals surface area contributed by atoms with Crippen molar-refractivity contribution < 1.29 is 4.92 Å². The first-order chi connectivity index (χ1) is 9.65. The Morgan fingerprint density at radius 2 is 2.30 bits per heavy atom. The van der Waals surface area contributed by atoms with Crippen molar-refractivity contribution in [3.8, 4) is 0 Å². The molecule has 0 radical (unpaired) electrons. The molecule has 5 nitrogen and oxygen atoms in total. The number of nitro benzene ring substituents is 1. The highest BCUT2D eigenvalue weighted by atomic mass is 32.1. The van der Waals surface area contributed by atoms with Gasteiger partial charge in [0.1, 0.15) is 5.69 Å². The summed E-state index contributed by atoms with van der Waals surface area (Å²) >= 11 is 1.43. The van der Waals surface area contributed by atoms with Gasteiger partial charge in [-0.3, -0.25) is 10.1 Å². The van der Waals surface area contributed by atoms with Crippen molar-refractivity contribution in [2.24, 2.45) is 5.92 Å². The van der Waals surface area contributed by atoms with Crippen molar-refractivity contribution in [3.05, 3.63) is 27.8 Å². The first-order valence-corrected chi connectivity index (χ1v) is 7.80. The predicted octanol–water partition coefficient (Wildman–Crippen LogP) is 4.20. The molecule has 0 amide bonds. The smallest absolute Gasteiger partial charge is 0.319 e. The number of hydrogen-bond acceptors (Lipinski definition) is 5. The molecule has 1 aromatic carbocycles. The molecule has 1 N–H and O–H groups in total. The molecule has 1 aromatic heterocycles. The van der Waals surface area contributed by atoms with Crippen LogP contribution in [0.25, 0.3) is 10.2 Å². The Labute approximate surface area is 121 Å². The third-order valence-electron chi connectivity index (χ3n) is 3.95. The molecule has 0 aliphatic heterocycles. The minimum Gasteiger partial charge on any atom is -0.377 e. The zero-order valence-electron chi connectivity index (χ0n) is 11.3. The van der Waals surface area contributed by atoms with Crippen LogP contribution in [0.4, 0.5) is 11.4 Å². The van der Waals surface area contributed by atoms with E-state index in [2.05, 4.69) is 17.2 Å². The van der Waals surface area contributed by atoms with E-state index in [1.807, 2.05) is 12.1 Å². The second kappa shape index (κ2) is 5.36. The fraction of sp³-hybridized carbons (Fsp3) is 0.500. The van der Waals surface area contributed by atoms with Crippen LogP contribution >= 0.6 is 11.3 Å². The number of nitro groups is 1. The quantitative estimate of drug-likeness (QED) is 0.680. The molecule has 1 aliphatic carbocycles. The zero-order chi connectivity index (χ0) is 14.1. The molecule has 3 rings (SSSR count). The van der Waals surface area contributed by atoms with Crippen molar-refractivity contribution in [3.63, 3.8) is 0 Å². The minimum absolute atomic E-state index is 0.113. The molecule has 106 valence electrons. The van der Waals surface area contributed by atoms with Crippen molar-refractivity contribution in [1.82, 2.24) is 4.98 Å². The Hall–Kier alpha value is -1.69. The lowest BCUT2D eigenvalue weighted by molar-refractivity contribution is -0.382. The van der Waals surface area contributed by atoms with Gasteiger partial charge >= 0.3 is 5.69 Å². The number of rotatable bonds is 3. The van der Waals surface area contributed by atoms with Crippen LogP contribution in [0.1, 0.15) is 32.6 Å². The Morgan fingerprint density at radius 3 is 3.05 bits per heavy atom. The molecule has 6 heteroatoms. The van der Waals surface area contributed by atoms with E-state index in [0.717, 1.165) is 17.5 Å². The molecule has 0 saturated heterocycles. The van der Waals surface area contributed by atoms with Gasteiger partial charge in [0.25, 0.3) is 0 Å². The normalized spacial score (nSPS) is 22.9. The summed E-state index contributed by atoms with van der Waals surface area (Å²) in [4.78, 5) is 15.2. The highest BCUT2D eigenvalue weighted by Crippen LogP contribution is 2.36. The maximum Gasteiger partial charge on any atom is 0.319 e. The van der Waals surface area contributed by atoms with Gasteiger partial charge in [-0.15, -0.1) is 11.3 Å². The number of hydrogen-bond donors (Lipinski definition) is 1. The van der Waals surface area contributed by atoms with Crippen LogP contribution in [0.3, 0.4) is 0 Å². The molecule has 1 aliphatic rings. The van der Waals surface area contributed by atoms with Crippen LogP contribution in [-0.4, -0.2) is 15.9 Å². The van der Waals surface area contributed by atoms with Crippen molar-refractivity contribution in [2.75, 3.05) is 5.32 Å². The van der Waals surface area contributed by atoms with Crippen LogP contribution in [0.5, 0.6) is 0 Å². The fourth-order valence-electron chi connectivity index (χ4n) is 3.00. The van der Waals surface area contributed by atoms with Crippen LogP contribution in [0.2, 0.25) is 0 Å². The third-order valence-corrected chi connectivity index (χ3v) is 4.75. The van der Waals surface area contributed by atoms with E-state index in [4.69, 9.17) is 0 Å². The number of aromatic nitrogens is 1. The highest BCUT2D eigenvalue weighted by Gasteiger charge is 2.24. The molecule has 1 fully saturated rings. The van der Waals surface area contributed by atoms with Crippen molar-refractivity contribution in [2.45, 2.75) is 38.6 Å². The van der Waals surface area contributed by atoms with Gasteiger partial charge in [-0.2, -0.15) is 0 Å². The molecule has 2 aromatic rings. The minimum atomic E-state index is -0.323. The van der Waals surface area contributed by atoms with E-state index < -0.39 is 0 Å². The van der Waals surface area contributed by atoms with Crippen LogP contribution < -0.4 is 5.32 Å². The van der Waals surface area contributed by atoms with Gasteiger partial charge in [0, 0.05) is 6.04 Å². The number of nitrogens with zero attached hydrogens (tertiary/aromatic N) is 2. The standard InChI is InChI=1S/C14H17N3O2S/c1-9-3-2-4-10(7-9)16-11-5-6-12-13(15-8-20-12)14(11)17(18)19/h5-6,8-10,16H,2-4,7H2,1H3. The molecule has 2 unspecified atom stereocenters. The Morgan fingerprint density at radius 1 is 1.45 bits per heavy atom. The van der Waals surface area contributed by atoms with E-state index in [1.54, 1.807) is 5.51 Å². The lowest BCUT2D eigenvalue weighted by Crippen LogP contribution is -2.26. The van der Waals surface area contributed by atoms with Gasteiger partial charge in [-0.1, -0.05) is 19.8 Å². The maximum atomic E-state index is 11.4. The number of fused-ring (bicyclic) bond motifs is 1. The van der Waals surface area contributed by atoms with Gasteiger partial charge < -0.3 is 5.32 Å². The van der Waals surface area contributed by atoms with Crippen LogP contribution in [0.15, 0.2) is 17.6 Å². The summed E-state index contributed by atoms with van der Waals surface area (Å²) in [5.41, 5.74) is 2.87. The van der Waals surface area contributed by atoms with E-state index in [1.165, 1.54) is 24.2 Å². The Balaban J connectivity index is 1.94. The Bertz CT molecular complexity index is 640. The monoisotopic (exact) mass is 291 g/mol. The molecular formula is C14H17N3O2S. The fourth-order valence-corrected chi connectivity index (χ4v) is 3.68. The third kappa shape index (κ3) is 2.47. The average molecular weight is 291 g/mol. The first-order valence-electron chi connectivity index (χ1n) is 6.92. The summed E-state index contributed by atoms with van der Waals surface area (Å²) in [7, 11) is 0. The van der Waals surface area contributed by atoms with E-state index in [0.29, 0.717) is 23.2 Å². The second-order valence-corrected chi connectivity index (χ2v) is 6.42. The molecule has 0 spiro atoms. The maximum absolute atomic E-state index is 11.4. The summed E-state index contributed by atoms with van der Waals surface area (Å²) in [5, 5.41) is 14.7. The van der Waals surface area contributed by atoms with Gasteiger partial charge in [0.15, 0.2) is 5.52 Å². The number of nitrogens with one attached hydrogen (secondary N) is 1. The first kappa shape index (κ1) is 13.3. The van der Waals surface area contributed by atoms with Gasteiger partial charge in [0.2, 0.25) is 0 Å². The van der Waals surface area contributed by atoms with Gasteiger partial charge in [-0.05, 0) is 30.9 Å². The average Bonchev–Trinajstić information content (AvgIpc) is 2.86. The summed E-state index contributed by atoms with van der Waals surface area (Å²) in [6.07, 6.45) is 4.60. The van der Waals surface area contributed by atoms with Crippen molar-refractivity contribution >= 4 is 32.9 Å². The molecule has 2 atom stereocenters. The van der Waals surface area contributed by atoms with E-state index in [-0.39, 0.29) is 10.6 Å². The van der Waals surface area contributed by atoms with E-state index >= 15 is 0 Å². The molecule has 20 heavy (non-hydrogen) atoms. The Kier molecular flexibility index (Phi) is 3.56. The van der Waals surface area contributed by atoms with Crippen LogP contribution in [0, 0.1) is 16.0 Å². The molecule has 1 saturated carbocycles. The lowest BCUT2D eigenvalue weighted by Gasteiger charge is -2.28. The second-order valence-electron chi connectivity index (χ2n) is 5.53. The zero-order valence-corrected chi connectivity index (χ0v) is 12.2. The summed E-state index contributed by atoms with van der Waals surface area (Å²) in [6.45, 7) is 2.24. The topological polar surface area (TPSA) is 68.1 Å². The summed E-state index contributed by atoms with van der Waals surface area (Å²) < 4.78 is 0.860. The molecule has 0 bridgehead atoms. The predicted molar refractivity (Wildman–Crippen MR) is 81.3 cm³/mol. The number of anilines is 1. The highest BCUT2D eigenvalue weighted by molar-refractivity contribution is 7.16. The number of benzene rings is 1. The number of thiazole rings is 1. The SMILES string of the molecule is CC1CCCC(Nc2ccc3scnc3c2[N+](=O)[O-])C1. The largest absolute Gasteiger partial charge is 0.377 e. The van der Waals surface area contributed by atoms with Gasteiger partial charge in [-0.25, -0.2) is 4.98 Å². The molecule has 1 heterocycles. The molecular weight excluding hydrogens is 274 g/mol. The van der Waals surface area contributed by atoms with E-state index in [9.17, 15) is 10.1 Å². The van der Waals surface area contributed by atoms with Crippen molar-refractivity contribution in [1.29, 1.82) is 0 Å². The summed E-state index contributed by atoms with van der Waals surface area (Å²) in [6, 6.07) is 4.06.